The van der Waals surface area contributed by atoms with Crippen molar-refractivity contribution < 1.29 is 24.5 Å². The zero-order chi connectivity index (χ0) is 12.5. The number of phenolic OH excluding ortho intramolecular Hbond substituents is 2. The van der Waals surface area contributed by atoms with Crippen LogP contribution < -0.4 is 5.73 Å². The van der Waals surface area contributed by atoms with E-state index in [2.05, 4.69) is 15.9 Å². The molecule has 1 atom stereocenters. The van der Waals surface area contributed by atoms with Crippen LogP contribution in [0.2, 0.25) is 0 Å². The fraction of sp³-hybridized carbons (Fsp3) is 0.222. The predicted octanol–water partition coefficient (Wildman–Crippen LogP) is 1.13. The first-order valence-corrected chi connectivity index (χ1v) is 5.02. The number of hydrogen-bond acceptors (Lipinski definition) is 4. The number of carbonyl (C=O) groups is 1. The Hall–Kier alpha value is -1.34. The van der Waals surface area contributed by atoms with Gasteiger partial charge in [0.2, 0.25) is 0 Å². The Morgan fingerprint density at radius 3 is 2.56 bits per heavy atom. The second-order valence-electron chi connectivity index (χ2n) is 3.08. The molecule has 0 spiro atoms. The fourth-order valence-electron chi connectivity index (χ4n) is 1.28. The summed E-state index contributed by atoms with van der Waals surface area (Å²) in [6.07, 6.45) is 0. The van der Waals surface area contributed by atoms with Crippen molar-refractivity contribution in [3.05, 3.63) is 21.9 Å². The van der Waals surface area contributed by atoms with Gasteiger partial charge in [0.15, 0.2) is 11.5 Å². The number of rotatable bonds is 3. The molecule has 0 amide bonds. The molecular weight excluding hydrogens is 285 g/mol. The maximum atomic E-state index is 13.2. The highest BCUT2D eigenvalue weighted by Crippen LogP contribution is 2.40. The highest BCUT2D eigenvalue weighted by molar-refractivity contribution is 9.10. The topological polar surface area (TPSA) is 104 Å². The van der Waals surface area contributed by atoms with Gasteiger partial charge in [0, 0.05) is 18.2 Å². The maximum Gasteiger partial charge on any atom is 0.312 e. The molecule has 1 rings (SSSR count). The minimum Gasteiger partial charge on any atom is -0.504 e. The summed E-state index contributed by atoms with van der Waals surface area (Å²) in [5.74, 6) is -4.90. The summed E-state index contributed by atoms with van der Waals surface area (Å²) in [4.78, 5) is 10.8. The van der Waals surface area contributed by atoms with Crippen LogP contribution in [0.1, 0.15) is 11.5 Å². The lowest BCUT2D eigenvalue weighted by Gasteiger charge is -2.15. The van der Waals surface area contributed by atoms with Gasteiger partial charge in [-0.3, -0.25) is 4.79 Å². The first kappa shape index (κ1) is 12.7. The standard InChI is InChI=1S/C9H9BrFNO4/c10-7-4(11)1-5(13)8(14)6(7)3(2-12)9(15)16/h1,3,13-14H,2,12H2,(H,15,16). The van der Waals surface area contributed by atoms with Crippen molar-refractivity contribution in [1.29, 1.82) is 0 Å². The lowest BCUT2D eigenvalue weighted by atomic mass is 9.98. The molecule has 16 heavy (non-hydrogen) atoms. The molecule has 1 unspecified atom stereocenters. The van der Waals surface area contributed by atoms with Gasteiger partial charge in [-0.1, -0.05) is 0 Å². The third kappa shape index (κ3) is 2.10. The minimum absolute atomic E-state index is 0.222. The average Bonchev–Trinajstić information content (AvgIpc) is 2.21. The summed E-state index contributed by atoms with van der Waals surface area (Å²) in [7, 11) is 0. The molecule has 0 aromatic heterocycles. The van der Waals surface area contributed by atoms with Crippen LogP contribution >= 0.6 is 15.9 Å². The van der Waals surface area contributed by atoms with E-state index in [0.717, 1.165) is 0 Å². The van der Waals surface area contributed by atoms with Gasteiger partial charge in [0.25, 0.3) is 0 Å². The van der Waals surface area contributed by atoms with Gasteiger partial charge in [-0.05, 0) is 15.9 Å². The van der Waals surface area contributed by atoms with Crippen LogP contribution in [0.3, 0.4) is 0 Å². The number of carboxylic acid groups (broad SMARTS) is 1. The molecule has 7 heteroatoms. The number of carboxylic acids is 1. The monoisotopic (exact) mass is 293 g/mol. The molecule has 0 radical (unpaired) electrons. The Morgan fingerprint density at radius 2 is 2.12 bits per heavy atom. The SMILES string of the molecule is NCC(C(=O)O)c1c(O)c(O)cc(F)c1Br. The van der Waals surface area contributed by atoms with Gasteiger partial charge >= 0.3 is 5.97 Å². The van der Waals surface area contributed by atoms with Gasteiger partial charge in [-0.2, -0.15) is 0 Å². The van der Waals surface area contributed by atoms with E-state index >= 15 is 0 Å². The summed E-state index contributed by atoms with van der Waals surface area (Å²) >= 11 is 2.81. The Balaban J connectivity index is 3.47. The van der Waals surface area contributed by atoms with E-state index in [1.807, 2.05) is 0 Å². The zero-order valence-corrected chi connectivity index (χ0v) is 9.53. The lowest BCUT2D eigenvalue weighted by molar-refractivity contribution is -0.138. The van der Waals surface area contributed by atoms with E-state index in [-0.39, 0.29) is 16.6 Å². The molecule has 1 aromatic carbocycles. The molecule has 1 aromatic rings. The first-order valence-electron chi connectivity index (χ1n) is 4.22. The quantitative estimate of drug-likeness (QED) is 0.626. The van der Waals surface area contributed by atoms with Crippen LogP contribution in [-0.2, 0) is 4.79 Å². The van der Waals surface area contributed by atoms with Crippen LogP contribution in [0.15, 0.2) is 10.5 Å². The van der Waals surface area contributed by atoms with E-state index in [1.165, 1.54) is 0 Å². The van der Waals surface area contributed by atoms with E-state index in [9.17, 15) is 19.4 Å². The molecule has 0 fully saturated rings. The van der Waals surface area contributed by atoms with Crippen LogP contribution in [0.4, 0.5) is 4.39 Å². The smallest absolute Gasteiger partial charge is 0.312 e. The number of benzene rings is 1. The number of phenols is 2. The number of nitrogens with two attached hydrogens (primary N) is 1. The number of aliphatic carboxylic acids is 1. The minimum atomic E-state index is -1.32. The molecule has 0 saturated heterocycles. The molecule has 0 aliphatic carbocycles. The molecule has 0 bridgehead atoms. The average molecular weight is 294 g/mol. The summed E-state index contributed by atoms with van der Waals surface area (Å²) < 4.78 is 13.0. The van der Waals surface area contributed by atoms with Crippen LogP contribution in [0.5, 0.6) is 11.5 Å². The largest absolute Gasteiger partial charge is 0.504 e. The van der Waals surface area contributed by atoms with Crippen molar-refractivity contribution in [2.75, 3.05) is 6.54 Å². The fourth-order valence-corrected chi connectivity index (χ4v) is 1.86. The molecule has 0 saturated carbocycles. The van der Waals surface area contributed by atoms with E-state index < -0.39 is 29.2 Å². The molecule has 0 aliphatic rings. The van der Waals surface area contributed by atoms with Crippen molar-refractivity contribution in [1.82, 2.24) is 0 Å². The summed E-state index contributed by atoms with van der Waals surface area (Å²) in [5.41, 5.74) is 4.96. The van der Waals surface area contributed by atoms with E-state index in [0.29, 0.717) is 6.07 Å². The Kier molecular flexibility index (Phi) is 3.71. The third-order valence-electron chi connectivity index (χ3n) is 2.09. The number of halogens is 2. The first-order chi connectivity index (χ1) is 7.40. The van der Waals surface area contributed by atoms with Crippen molar-refractivity contribution in [2.24, 2.45) is 5.73 Å². The summed E-state index contributed by atoms with van der Waals surface area (Å²) in [6.45, 7) is -0.329. The second-order valence-corrected chi connectivity index (χ2v) is 3.87. The van der Waals surface area contributed by atoms with Crippen molar-refractivity contribution in [3.8, 4) is 11.5 Å². The Bertz CT molecular complexity index is 412. The molecule has 88 valence electrons. The number of aromatic hydroxyl groups is 2. The second kappa shape index (κ2) is 4.67. The molecule has 0 heterocycles. The molecular formula is C9H9BrFNO4. The molecule has 5 nitrogen and oxygen atoms in total. The van der Waals surface area contributed by atoms with Gasteiger partial charge in [-0.25, -0.2) is 4.39 Å². The van der Waals surface area contributed by atoms with Crippen LogP contribution in [0.25, 0.3) is 0 Å². The summed E-state index contributed by atoms with van der Waals surface area (Å²) in [5, 5.41) is 27.5. The molecule has 5 N–H and O–H groups in total. The maximum absolute atomic E-state index is 13.2. The molecule has 0 aliphatic heterocycles. The van der Waals surface area contributed by atoms with Gasteiger partial charge < -0.3 is 21.1 Å². The highest BCUT2D eigenvalue weighted by atomic mass is 79.9. The van der Waals surface area contributed by atoms with E-state index in [1.54, 1.807) is 0 Å². The van der Waals surface area contributed by atoms with Crippen molar-refractivity contribution in [3.63, 3.8) is 0 Å². The highest BCUT2D eigenvalue weighted by Gasteiger charge is 2.27. The Labute approximate surface area is 98.4 Å². The number of hydrogen-bond donors (Lipinski definition) is 4. The van der Waals surface area contributed by atoms with E-state index in [4.69, 9.17) is 10.8 Å². The lowest BCUT2D eigenvalue weighted by Crippen LogP contribution is -2.22. The van der Waals surface area contributed by atoms with Crippen molar-refractivity contribution >= 4 is 21.9 Å². The van der Waals surface area contributed by atoms with Gasteiger partial charge in [0.05, 0.1) is 10.4 Å². The summed E-state index contributed by atoms with van der Waals surface area (Å²) in [6, 6.07) is 0.679. The predicted molar refractivity (Wildman–Crippen MR) is 56.9 cm³/mol. The third-order valence-corrected chi connectivity index (χ3v) is 2.90. The zero-order valence-electron chi connectivity index (χ0n) is 7.94. The normalized spacial score (nSPS) is 12.4. The van der Waals surface area contributed by atoms with Gasteiger partial charge in [-0.15, -0.1) is 0 Å². The van der Waals surface area contributed by atoms with Gasteiger partial charge in [0.1, 0.15) is 5.82 Å². The van der Waals surface area contributed by atoms with Crippen molar-refractivity contribution in [2.45, 2.75) is 5.92 Å². The van der Waals surface area contributed by atoms with Crippen LogP contribution in [-0.4, -0.2) is 27.8 Å². The van der Waals surface area contributed by atoms with Crippen LogP contribution in [0, 0.1) is 5.82 Å². The Morgan fingerprint density at radius 1 is 1.56 bits per heavy atom.